The highest BCUT2D eigenvalue weighted by atomic mass is 16.1. The van der Waals surface area contributed by atoms with Crippen LogP contribution in [0.25, 0.3) is 0 Å². The third-order valence-electron chi connectivity index (χ3n) is 2.57. The Labute approximate surface area is 67.5 Å². The van der Waals surface area contributed by atoms with Gasteiger partial charge in [0.2, 0.25) is 5.91 Å². The number of primary amides is 1. The van der Waals surface area contributed by atoms with E-state index in [4.69, 9.17) is 5.73 Å². The van der Waals surface area contributed by atoms with Crippen LogP contribution >= 0.6 is 0 Å². The Morgan fingerprint density at radius 2 is 2.36 bits per heavy atom. The molecule has 0 spiro atoms. The fourth-order valence-corrected chi connectivity index (χ4v) is 1.76. The number of nitrogens with two attached hydrogens (primary N) is 1. The Morgan fingerprint density at radius 3 is 2.73 bits per heavy atom. The van der Waals surface area contributed by atoms with E-state index in [1.807, 2.05) is 0 Å². The highest BCUT2D eigenvalue weighted by Gasteiger charge is 2.29. The first-order valence-corrected chi connectivity index (χ1v) is 4.10. The number of hydrogen-bond acceptors (Lipinski definition) is 2. The fraction of sp³-hybridized carbons (Fsp3) is 0.875. The molecule has 0 bridgehead atoms. The summed E-state index contributed by atoms with van der Waals surface area (Å²) in [4.78, 5) is 12.9. The molecule has 1 rings (SSSR count). The van der Waals surface area contributed by atoms with E-state index in [1.165, 1.54) is 6.42 Å². The van der Waals surface area contributed by atoms with Crippen LogP contribution in [-0.4, -0.2) is 30.4 Å². The van der Waals surface area contributed by atoms with Gasteiger partial charge in [-0.2, -0.15) is 0 Å². The van der Waals surface area contributed by atoms with Crippen LogP contribution in [0.3, 0.4) is 0 Å². The smallest absolute Gasteiger partial charge is 0.219 e. The molecule has 0 aromatic heterocycles. The molecule has 1 heterocycles. The summed E-state index contributed by atoms with van der Waals surface area (Å²) >= 11 is 0. The van der Waals surface area contributed by atoms with E-state index in [1.54, 1.807) is 0 Å². The molecule has 1 fully saturated rings. The maximum atomic E-state index is 10.6. The number of carbonyl (C=O) groups excluding carboxylic acids is 1. The molecule has 0 radical (unpaired) electrons. The molecule has 64 valence electrons. The van der Waals surface area contributed by atoms with Gasteiger partial charge in [0.15, 0.2) is 0 Å². The topological polar surface area (TPSA) is 46.3 Å². The van der Waals surface area contributed by atoms with Crippen LogP contribution in [-0.2, 0) is 4.79 Å². The maximum Gasteiger partial charge on any atom is 0.219 e. The van der Waals surface area contributed by atoms with E-state index in [0.717, 1.165) is 6.54 Å². The monoisotopic (exact) mass is 156 g/mol. The molecule has 3 heteroatoms. The minimum Gasteiger partial charge on any atom is -0.370 e. The zero-order valence-electron chi connectivity index (χ0n) is 7.21. The van der Waals surface area contributed by atoms with Gasteiger partial charge >= 0.3 is 0 Å². The molecule has 1 amide bonds. The van der Waals surface area contributed by atoms with E-state index < -0.39 is 0 Å². The standard InChI is InChI=1S/C8H16N2O/c1-6-3-4-10(2)7(6)5-8(9)11/h6-7H,3-5H2,1-2H3,(H2,9,11)/t6-,7?/m1/s1. The molecular weight excluding hydrogens is 140 g/mol. The maximum absolute atomic E-state index is 10.6. The lowest BCUT2D eigenvalue weighted by atomic mass is 10.00. The minimum absolute atomic E-state index is 0.185. The first-order valence-electron chi connectivity index (χ1n) is 4.10. The second kappa shape index (κ2) is 3.22. The third kappa shape index (κ3) is 1.93. The van der Waals surface area contributed by atoms with Crippen molar-refractivity contribution in [3.05, 3.63) is 0 Å². The van der Waals surface area contributed by atoms with Crippen molar-refractivity contribution < 1.29 is 4.79 Å². The van der Waals surface area contributed by atoms with Crippen molar-refractivity contribution in [2.24, 2.45) is 11.7 Å². The van der Waals surface area contributed by atoms with Crippen LogP contribution in [0, 0.1) is 5.92 Å². The average molecular weight is 156 g/mol. The van der Waals surface area contributed by atoms with Crippen molar-refractivity contribution in [1.29, 1.82) is 0 Å². The van der Waals surface area contributed by atoms with E-state index in [9.17, 15) is 4.79 Å². The van der Waals surface area contributed by atoms with E-state index in [0.29, 0.717) is 18.4 Å². The summed E-state index contributed by atoms with van der Waals surface area (Å²) in [6.07, 6.45) is 1.70. The van der Waals surface area contributed by atoms with Crippen LogP contribution < -0.4 is 5.73 Å². The van der Waals surface area contributed by atoms with Crippen LogP contribution in [0.15, 0.2) is 0 Å². The van der Waals surface area contributed by atoms with Gasteiger partial charge in [-0.25, -0.2) is 0 Å². The lowest BCUT2D eigenvalue weighted by Gasteiger charge is -2.20. The van der Waals surface area contributed by atoms with Crippen LogP contribution in [0.4, 0.5) is 0 Å². The van der Waals surface area contributed by atoms with Crippen molar-refractivity contribution in [2.45, 2.75) is 25.8 Å². The van der Waals surface area contributed by atoms with Gasteiger partial charge in [-0.1, -0.05) is 6.92 Å². The second-order valence-corrected chi connectivity index (χ2v) is 3.48. The zero-order valence-corrected chi connectivity index (χ0v) is 7.21. The van der Waals surface area contributed by atoms with Gasteiger partial charge in [-0.15, -0.1) is 0 Å². The summed E-state index contributed by atoms with van der Waals surface area (Å²) in [6.45, 7) is 3.27. The molecule has 2 N–H and O–H groups in total. The van der Waals surface area contributed by atoms with Gasteiger partial charge < -0.3 is 10.6 Å². The van der Waals surface area contributed by atoms with Crippen LogP contribution in [0.1, 0.15) is 19.8 Å². The van der Waals surface area contributed by atoms with Crippen molar-refractivity contribution in [2.75, 3.05) is 13.6 Å². The van der Waals surface area contributed by atoms with Crippen LogP contribution in [0.2, 0.25) is 0 Å². The summed E-state index contributed by atoms with van der Waals surface area (Å²) in [5, 5.41) is 0. The number of carbonyl (C=O) groups is 1. The Kier molecular flexibility index (Phi) is 2.49. The molecule has 1 saturated heterocycles. The number of likely N-dealkylation sites (tertiary alicyclic amines) is 1. The van der Waals surface area contributed by atoms with Crippen molar-refractivity contribution in [1.82, 2.24) is 4.90 Å². The Hall–Kier alpha value is -0.570. The predicted octanol–water partition coefficient (Wildman–Crippen LogP) is 0.202. The van der Waals surface area contributed by atoms with E-state index in [-0.39, 0.29) is 5.91 Å². The molecule has 11 heavy (non-hydrogen) atoms. The number of amides is 1. The SMILES string of the molecule is C[C@@H]1CCN(C)C1CC(N)=O. The molecular formula is C8H16N2O. The normalized spacial score (nSPS) is 32.5. The number of rotatable bonds is 2. The molecule has 3 nitrogen and oxygen atoms in total. The zero-order chi connectivity index (χ0) is 8.43. The first kappa shape index (κ1) is 8.53. The quantitative estimate of drug-likeness (QED) is 0.621. The third-order valence-corrected chi connectivity index (χ3v) is 2.57. The summed E-state index contributed by atoms with van der Waals surface area (Å²) in [5.74, 6) is 0.433. The minimum atomic E-state index is -0.185. The van der Waals surface area contributed by atoms with Gasteiger partial charge in [-0.3, -0.25) is 4.79 Å². The summed E-state index contributed by atoms with van der Waals surface area (Å²) < 4.78 is 0. The first-order chi connectivity index (χ1) is 5.11. The molecule has 0 aliphatic carbocycles. The molecule has 0 saturated carbocycles. The molecule has 2 atom stereocenters. The van der Waals surface area contributed by atoms with Gasteiger partial charge in [0.05, 0.1) is 0 Å². The summed E-state index contributed by atoms with van der Waals surface area (Å²) in [5.41, 5.74) is 5.13. The van der Waals surface area contributed by atoms with Gasteiger partial charge in [0, 0.05) is 12.5 Å². The average Bonchev–Trinajstić information content (AvgIpc) is 2.18. The van der Waals surface area contributed by atoms with E-state index >= 15 is 0 Å². The number of nitrogens with zero attached hydrogens (tertiary/aromatic N) is 1. The molecule has 0 aromatic carbocycles. The predicted molar refractivity (Wildman–Crippen MR) is 44.0 cm³/mol. The van der Waals surface area contributed by atoms with Crippen molar-refractivity contribution in [3.63, 3.8) is 0 Å². The summed E-state index contributed by atoms with van der Waals surface area (Å²) in [7, 11) is 2.05. The lowest BCUT2D eigenvalue weighted by molar-refractivity contribution is -0.119. The van der Waals surface area contributed by atoms with Gasteiger partial charge in [-0.05, 0) is 25.9 Å². The van der Waals surface area contributed by atoms with Gasteiger partial charge in [0.25, 0.3) is 0 Å². The van der Waals surface area contributed by atoms with Crippen LogP contribution in [0.5, 0.6) is 0 Å². The van der Waals surface area contributed by atoms with Gasteiger partial charge in [0.1, 0.15) is 0 Å². The largest absolute Gasteiger partial charge is 0.370 e. The number of hydrogen-bond donors (Lipinski definition) is 1. The Bertz CT molecular complexity index is 148. The Balaban J connectivity index is 2.47. The molecule has 1 aliphatic rings. The second-order valence-electron chi connectivity index (χ2n) is 3.48. The van der Waals surface area contributed by atoms with E-state index in [2.05, 4.69) is 18.9 Å². The van der Waals surface area contributed by atoms with Crippen molar-refractivity contribution >= 4 is 5.91 Å². The highest BCUT2D eigenvalue weighted by Crippen LogP contribution is 2.23. The Morgan fingerprint density at radius 1 is 1.73 bits per heavy atom. The summed E-state index contributed by atoms with van der Waals surface area (Å²) in [6, 6.07) is 0.382. The fourth-order valence-electron chi connectivity index (χ4n) is 1.76. The molecule has 0 aromatic rings. The highest BCUT2D eigenvalue weighted by molar-refractivity contribution is 5.74. The lowest BCUT2D eigenvalue weighted by Crippen LogP contribution is -2.33. The molecule has 1 aliphatic heterocycles. The molecule has 1 unspecified atom stereocenters. The van der Waals surface area contributed by atoms with Crippen molar-refractivity contribution in [3.8, 4) is 0 Å².